The van der Waals surface area contributed by atoms with Crippen LogP contribution >= 0.6 is 0 Å². The van der Waals surface area contributed by atoms with Crippen LogP contribution in [0.15, 0.2) is 18.2 Å². The topological polar surface area (TPSA) is 29.9 Å². The fourth-order valence-corrected chi connectivity index (χ4v) is 2.82. The predicted octanol–water partition coefficient (Wildman–Crippen LogP) is 2.35. The second-order valence-corrected chi connectivity index (χ2v) is 4.94. The average Bonchev–Trinajstić information content (AvgIpc) is 2.97. The van der Waals surface area contributed by atoms with Gasteiger partial charge in [-0.25, -0.2) is 9.37 Å². The number of rotatable bonds is 3. The molecule has 1 N–H and O–H groups in total. The van der Waals surface area contributed by atoms with Crippen LogP contribution in [0.3, 0.4) is 0 Å². The summed E-state index contributed by atoms with van der Waals surface area (Å²) >= 11 is 0. The first-order chi connectivity index (χ1) is 8.79. The van der Waals surface area contributed by atoms with Crippen LogP contribution in [-0.2, 0) is 13.0 Å². The van der Waals surface area contributed by atoms with Gasteiger partial charge in [0.05, 0.1) is 5.52 Å². The minimum Gasteiger partial charge on any atom is -0.328 e. The highest BCUT2D eigenvalue weighted by Gasteiger charge is 2.19. The van der Waals surface area contributed by atoms with Gasteiger partial charge in [-0.1, -0.05) is 6.07 Å². The van der Waals surface area contributed by atoms with Crippen LogP contribution in [0.4, 0.5) is 4.39 Å². The molecule has 1 aromatic heterocycles. The van der Waals surface area contributed by atoms with E-state index in [1.54, 1.807) is 6.07 Å². The monoisotopic (exact) mass is 247 g/mol. The molecular weight excluding hydrogens is 229 g/mol. The van der Waals surface area contributed by atoms with E-state index >= 15 is 0 Å². The summed E-state index contributed by atoms with van der Waals surface area (Å²) in [6.07, 6.45) is 2.13. The van der Waals surface area contributed by atoms with Crippen LogP contribution in [0.5, 0.6) is 0 Å². The van der Waals surface area contributed by atoms with E-state index in [9.17, 15) is 4.39 Å². The number of aryl methyl sites for hydroxylation is 1. The third-order valence-electron chi connectivity index (χ3n) is 3.76. The van der Waals surface area contributed by atoms with Gasteiger partial charge >= 0.3 is 0 Å². The summed E-state index contributed by atoms with van der Waals surface area (Å²) in [6, 6.07) is 5.19. The molecule has 1 aliphatic heterocycles. The van der Waals surface area contributed by atoms with Crippen molar-refractivity contribution < 1.29 is 4.39 Å². The van der Waals surface area contributed by atoms with Gasteiger partial charge in [-0.05, 0) is 44.5 Å². The minimum absolute atomic E-state index is 0.217. The first-order valence-electron chi connectivity index (χ1n) is 6.64. The summed E-state index contributed by atoms with van der Waals surface area (Å²) in [4.78, 5) is 4.51. The highest BCUT2D eigenvalue weighted by Crippen LogP contribution is 2.22. The number of fused-ring (bicyclic) bond motifs is 1. The van der Waals surface area contributed by atoms with Gasteiger partial charge in [-0.15, -0.1) is 0 Å². The van der Waals surface area contributed by atoms with Crippen molar-refractivity contribution in [2.24, 2.45) is 5.92 Å². The molecule has 3 rings (SSSR count). The molecule has 96 valence electrons. The first kappa shape index (κ1) is 11.7. The fourth-order valence-electron chi connectivity index (χ4n) is 2.82. The average molecular weight is 247 g/mol. The Morgan fingerprint density at radius 2 is 2.39 bits per heavy atom. The molecule has 2 heterocycles. The maximum atomic E-state index is 13.7. The van der Waals surface area contributed by atoms with Gasteiger partial charge in [0.15, 0.2) is 5.82 Å². The zero-order chi connectivity index (χ0) is 12.5. The molecule has 0 radical (unpaired) electrons. The minimum atomic E-state index is -0.217. The summed E-state index contributed by atoms with van der Waals surface area (Å²) in [5.74, 6) is 1.44. The Hall–Kier alpha value is -1.42. The molecule has 3 nitrogen and oxygen atoms in total. The molecule has 1 saturated heterocycles. The van der Waals surface area contributed by atoms with Crippen LogP contribution in [0, 0.1) is 11.7 Å². The van der Waals surface area contributed by atoms with Crippen LogP contribution in [-0.4, -0.2) is 22.6 Å². The van der Waals surface area contributed by atoms with E-state index in [1.165, 1.54) is 12.5 Å². The smallest absolute Gasteiger partial charge is 0.151 e. The van der Waals surface area contributed by atoms with E-state index < -0.39 is 0 Å². The lowest BCUT2D eigenvalue weighted by molar-refractivity contribution is 0.542. The van der Waals surface area contributed by atoms with Gasteiger partial charge in [0.2, 0.25) is 0 Å². The van der Waals surface area contributed by atoms with Crippen molar-refractivity contribution >= 4 is 11.0 Å². The molecule has 0 bridgehead atoms. The summed E-state index contributed by atoms with van der Waals surface area (Å²) < 4.78 is 15.9. The molecule has 0 amide bonds. The Balaban J connectivity index is 2.02. The lowest BCUT2D eigenvalue weighted by Crippen LogP contribution is -2.13. The van der Waals surface area contributed by atoms with E-state index in [-0.39, 0.29) is 5.82 Å². The molecule has 1 atom stereocenters. The zero-order valence-corrected chi connectivity index (χ0v) is 10.6. The second-order valence-electron chi connectivity index (χ2n) is 4.94. The largest absolute Gasteiger partial charge is 0.328 e. The van der Waals surface area contributed by atoms with E-state index in [0.717, 1.165) is 37.4 Å². The first-order valence-corrected chi connectivity index (χ1v) is 6.64. The Morgan fingerprint density at radius 3 is 3.11 bits per heavy atom. The van der Waals surface area contributed by atoms with E-state index in [2.05, 4.69) is 21.8 Å². The summed E-state index contributed by atoms with van der Waals surface area (Å²) in [6.45, 7) is 5.07. The molecule has 0 spiro atoms. The highest BCUT2D eigenvalue weighted by molar-refractivity contribution is 5.76. The number of hydrogen-bond donors (Lipinski definition) is 1. The van der Waals surface area contributed by atoms with Crippen LogP contribution in [0.1, 0.15) is 19.2 Å². The third kappa shape index (κ3) is 1.90. The number of halogens is 1. The maximum Gasteiger partial charge on any atom is 0.151 e. The van der Waals surface area contributed by atoms with Gasteiger partial charge < -0.3 is 9.88 Å². The van der Waals surface area contributed by atoms with Crippen LogP contribution in [0.25, 0.3) is 11.0 Å². The van der Waals surface area contributed by atoms with Crippen molar-refractivity contribution in [3.63, 3.8) is 0 Å². The van der Waals surface area contributed by atoms with Gasteiger partial charge in [-0.3, -0.25) is 0 Å². The van der Waals surface area contributed by atoms with Gasteiger partial charge in [0.25, 0.3) is 0 Å². The zero-order valence-electron chi connectivity index (χ0n) is 10.6. The number of aromatic nitrogens is 2. The lowest BCUT2D eigenvalue weighted by atomic mass is 10.0. The molecule has 0 saturated carbocycles. The molecule has 2 aromatic rings. The van der Waals surface area contributed by atoms with Crippen molar-refractivity contribution in [2.75, 3.05) is 13.1 Å². The summed E-state index contributed by atoms with van der Waals surface area (Å²) in [5, 5.41) is 3.36. The highest BCUT2D eigenvalue weighted by atomic mass is 19.1. The van der Waals surface area contributed by atoms with Crippen molar-refractivity contribution in [1.29, 1.82) is 0 Å². The predicted molar refractivity (Wildman–Crippen MR) is 70.0 cm³/mol. The number of nitrogens with one attached hydrogen (secondary N) is 1. The molecule has 4 heteroatoms. The number of imidazole rings is 1. The maximum absolute atomic E-state index is 13.7. The van der Waals surface area contributed by atoms with Crippen molar-refractivity contribution in [3.05, 3.63) is 29.8 Å². The van der Waals surface area contributed by atoms with Crippen molar-refractivity contribution in [3.8, 4) is 0 Å². The Morgan fingerprint density at radius 1 is 1.50 bits per heavy atom. The number of para-hydroxylation sites is 1. The summed E-state index contributed by atoms with van der Waals surface area (Å²) in [5.41, 5.74) is 1.43. The second kappa shape index (κ2) is 4.69. The molecule has 1 unspecified atom stereocenters. The van der Waals surface area contributed by atoms with Crippen LogP contribution in [0.2, 0.25) is 0 Å². The number of nitrogens with zero attached hydrogens (tertiary/aromatic N) is 2. The SMILES string of the molecule is CCn1c(CC2CCNC2)nc2c(F)cccc21. The molecular formula is C14H18FN3. The van der Waals surface area contributed by atoms with Gasteiger partial charge in [0.1, 0.15) is 11.3 Å². The molecule has 1 aliphatic rings. The molecule has 1 aromatic carbocycles. The quantitative estimate of drug-likeness (QED) is 0.902. The Labute approximate surface area is 106 Å². The number of benzene rings is 1. The lowest BCUT2D eigenvalue weighted by Gasteiger charge is -2.09. The fraction of sp³-hybridized carbons (Fsp3) is 0.500. The van der Waals surface area contributed by atoms with Crippen molar-refractivity contribution in [2.45, 2.75) is 26.3 Å². The summed E-state index contributed by atoms with van der Waals surface area (Å²) in [7, 11) is 0. The standard InChI is InChI=1S/C14H18FN3/c1-2-18-12-5-3-4-11(15)14(12)17-13(18)8-10-6-7-16-9-10/h3-5,10,16H,2,6-9H2,1H3. The third-order valence-corrected chi connectivity index (χ3v) is 3.76. The number of hydrogen-bond acceptors (Lipinski definition) is 2. The Bertz CT molecular complexity index is 555. The molecule has 1 fully saturated rings. The van der Waals surface area contributed by atoms with E-state index in [0.29, 0.717) is 11.4 Å². The Kier molecular flexibility index (Phi) is 3.04. The normalized spacial score (nSPS) is 19.8. The van der Waals surface area contributed by atoms with E-state index in [4.69, 9.17) is 0 Å². The van der Waals surface area contributed by atoms with Gasteiger partial charge in [0, 0.05) is 13.0 Å². The van der Waals surface area contributed by atoms with Gasteiger partial charge in [-0.2, -0.15) is 0 Å². The van der Waals surface area contributed by atoms with Crippen molar-refractivity contribution in [1.82, 2.24) is 14.9 Å². The van der Waals surface area contributed by atoms with E-state index in [1.807, 2.05) is 6.07 Å². The van der Waals surface area contributed by atoms with Crippen LogP contribution < -0.4 is 5.32 Å². The molecule has 0 aliphatic carbocycles. The molecule has 18 heavy (non-hydrogen) atoms.